The van der Waals surface area contributed by atoms with E-state index in [9.17, 15) is 18.0 Å². The molecule has 0 saturated carbocycles. The number of fused-ring (bicyclic) bond motifs is 1. The van der Waals surface area contributed by atoms with Gasteiger partial charge in [0.15, 0.2) is 0 Å². The van der Waals surface area contributed by atoms with Gasteiger partial charge in [0.25, 0.3) is 5.91 Å². The van der Waals surface area contributed by atoms with Gasteiger partial charge in [-0.05, 0) is 61.0 Å². The minimum Gasteiger partial charge on any atom is -0.352 e. The van der Waals surface area contributed by atoms with Crippen molar-refractivity contribution in [3.05, 3.63) is 102 Å². The fraction of sp³-hybridized carbons (Fsp3) is 0.111. The minimum absolute atomic E-state index is 0.0397. The molecule has 180 valence electrons. The van der Waals surface area contributed by atoms with E-state index in [4.69, 9.17) is 0 Å². The highest BCUT2D eigenvalue weighted by molar-refractivity contribution is 5.98. The molecule has 0 radical (unpaired) electrons. The molecule has 36 heavy (non-hydrogen) atoms. The summed E-state index contributed by atoms with van der Waals surface area (Å²) in [7, 11) is 0. The average Bonchev–Trinajstić information content (AvgIpc) is 3.40. The first-order chi connectivity index (χ1) is 17.5. The van der Waals surface area contributed by atoms with E-state index in [-0.39, 0.29) is 17.2 Å². The topological polar surface area (TPSA) is 83.6 Å². The van der Waals surface area contributed by atoms with Crippen LogP contribution in [-0.4, -0.2) is 32.4 Å². The van der Waals surface area contributed by atoms with E-state index in [2.05, 4.69) is 25.3 Å². The van der Waals surface area contributed by atoms with Crippen LogP contribution in [0.3, 0.4) is 0 Å². The number of hydrogen-bond acceptors (Lipinski definition) is 4. The molecule has 9 heteroatoms. The SMILES string of the molecule is O=C(NCCCc1ncc[nH]1)c1ccc2nc(-c3ccc(F)cc3)c(-c3ccc(F)cc3F)nc2c1. The van der Waals surface area contributed by atoms with Crippen LogP contribution in [0, 0.1) is 17.5 Å². The van der Waals surface area contributed by atoms with Crippen LogP contribution in [0.1, 0.15) is 22.6 Å². The molecule has 5 rings (SSSR count). The maximum Gasteiger partial charge on any atom is 0.251 e. The van der Waals surface area contributed by atoms with Gasteiger partial charge in [-0.1, -0.05) is 0 Å². The third-order valence-corrected chi connectivity index (χ3v) is 5.66. The highest BCUT2D eigenvalue weighted by Crippen LogP contribution is 2.33. The summed E-state index contributed by atoms with van der Waals surface area (Å²) in [5, 5.41) is 2.86. The van der Waals surface area contributed by atoms with Crippen LogP contribution in [0.5, 0.6) is 0 Å². The number of H-pyrrole nitrogens is 1. The van der Waals surface area contributed by atoms with E-state index in [0.717, 1.165) is 18.0 Å². The van der Waals surface area contributed by atoms with Crippen molar-refractivity contribution in [1.82, 2.24) is 25.3 Å². The molecule has 5 aromatic rings. The van der Waals surface area contributed by atoms with Crippen molar-refractivity contribution < 1.29 is 18.0 Å². The molecule has 0 aliphatic carbocycles. The molecule has 6 nitrogen and oxygen atoms in total. The largest absolute Gasteiger partial charge is 0.352 e. The van der Waals surface area contributed by atoms with Crippen LogP contribution < -0.4 is 5.32 Å². The van der Waals surface area contributed by atoms with Crippen molar-refractivity contribution in [2.75, 3.05) is 6.54 Å². The lowest BCUT2D eigenvalue weighted by molar-refractivity contribution is 0.0953. The molecule has 0 aliphatic heterocycles. The normalized spacial score (nSPS) is 11.1. The van der Waals surface area contributed by atoms with E-state index in [1.165, 1.54) is 30.3 Å². The summed E-state index contributed by atoms with van der Waals surface area (Å²) in [6, 6.07) is 13.6. The van der Waals surface area contributed by atoms with Crippen molar-refractivity contribution in [2.45, 2.75) is 12.8 Å². The number of carbonyl (C=O) groups excluding carboxylic acids is 1. The second-order valence-electron chi connectivity index (χ2n) is 8.15. The smallest absolute Gasteiger partial charge is 0.251 e. The van der Waals surface area contributed by atoms with Gasteiger partial charge in [-0.2, -0.15) is 0 Å². The summed E-state index contributed by atoms with van der Waals surface area (Å²) < 4.78 is 41.8. The summed E-state index contributed by atoms with van der Waals surface area (Å²) in [4.78, 5) is 29.1. The van der Waals surface area contributed by atoms with Gasteiger partial charge in [-0.25, -0.2) is 28.1 Å². The Kier molecular flexibility index (Phi) is 6.44. The van der Waals surface area contributed by atoms with Crippen LogP contribution in [0.4, 0.5) is 13.2 Å². The Morgan fingerprint density at radius 3 is 2.39 bits per heavy atom. The predicted molar refractivity (Wildman–Crippen MR) is 130 cm³/mol. The lowest BCUT2D eigenvalue weighted by Gasteiger charge is -2.12. The average molecular weight is 487 g/mol. The van der Waals surface area contributed by atoms with E-state index < -0.39 is 17.5 Å². The quantitative estimate of drug-likeness (QED) is 0.299. The Morgan fingerprint density at radius 1 is 0.861 bits per heavy atom. The van der Waals surface area contributed by atoms with Crippen molar-refractivity contribution in [3.8, 4) is 22.5 Å². The van der Waals surface area contributed by atoms with Crippen LogP contribution in [-0.2, 0) is 6.42 Å². The van der Waals surface area contributed by atoms with Crippen molar-refractivity contribution in [2.24, 2.45) is 0 Å². The first kappa shape index (κ1) is 23.2. The number of hydrogen-bond donors (Lipinski definition) is 2. The Balaban J connectivity index is 1.48. The number of rotatable bonds is 7. The van der Waals surface area contributed by atoms with Crippen LogP contribution in [0.25, 0.3) is 33.5 Å². The first-order valence-corrected chi connectivity index (χ1v) is 11.3. The number of nitrogens with zero attached hydrogens (tertiary/aromatic N) is 3. The zero-order valence-electron chi connectivity index (χ0n) is 18.9. The molecule has 3 aromatic carbocycles. The summed E-state index contributed by atoms with van der Waals surface area (Å²) in [5.74, 6) is -1.39. The number of aryl methyl sites for hydroxylation is 1. The van der Waals surface area contributed by atoms with Crippen molar-refractivity contribution >= 4 is 16.9 Å². The molecule has 0 saturated heterocycles. The molecule has 0 aliphatic rings. The van der Waals surface area contributed by atoms with Gasteiger partial charge in [-0.15, -0.1) is 0 Å². The number of aromatic amines is 1. The van der Waals surface area contributed by atoms with Gasteiger partial charge in [0.05, 0.1) is 16.7 Å². The van der Waals surface area contributed by atoms with E-state index in [0.29, 0.717) is 47.2 Å². The summed E-state index contributed by atoms with van der Waals surface area (Å²) in [5.41, 5.74) is 2.22. The summed E-state index contributed by atoms with van der Waals surface area (Å²) in [6.45, 7) is 0.457. The fourth-order valence-corrected chi connectivity index (χ4v) is 3.87. The second kappa shape index (κ2) is 9.99. The molecule has 0 fully saturated rings. The Morgan fingerprint density at radius 2 is 1.64 bits per heavy atom. The lowest BCUT2D eigenvalue weighted by atomic mass is 10.0. The fourth-order valence-electron chi connectivity index (χ4n) is 3.87. The molecule has 0 unspecified atom stereocenters. The maximum atomic E-state index is 14.7. The predicted octanol–water partition coefficient (Wildman–Crippen LogP) is 5.47. The minimum atomic E-state index is -0.808. The highest BCUT2D eigenvalue weighted by atomic mass is 19.1. The number of nitrogens with one attached hydrogen (secondary N) is 2. The summed E-state index contributed by atoms with van der Waals surface area (Å²) in [6.07, 6.45) is 4.84. The highest BCUT2D eigenvalue weighted by Gasteiger charge is 2.18. The van der Waals surface area contributed by atoms with E-state index >= 15 is 0 Å². The molecule has 0 bridgehead atoms. The number of amides is 1. The van der Waals surface area contributed by atoms with Gasteiger partial charge < -0.3 is 10.3 Å². The lowest BCUT2D eigenvalue weighted by Crippen LogP contribution is -2.24. The van der Waals surface area contributed by atoms with Crippen LogP contribution in [0.15, 0.2) is 73.1 Å². The van der Waals surface area contributed by atoms with Crippen molar-refractivity contribution in [1.29, 1.82) is 0 Å². The number of halogens is 3. The zero-order chi connectivity index (χ0) is 25.1. The molecule has 2 N–H and O–H groups in total. The number of benzene rings is 3. The van der Waals surface area contributed by atoms with E-state index in [1.807, 2.05) is 0 Å². The van der Waals surface area contributed by atoms with E-state index in [1.54, 1.807) is 30.6 Å². The standard InChI is InChI=1S/C27H20F3N5O/c28-18-6-3-16(4-7-18)25-26(20-9-8-19(29)15-21(20)30)35-23-14-17(5-10-22(23)34-25)27(36)33-11-1-2-24-31-12-13-32-24/h3-10,12-15H,1-2,11H2,(H,31,32)(H,33,36). The molecule has 0 atom stereocenters. The second-order valence-corrected chi connectivity index (χ2v) is 8.15. The third kappa shape index (κ3) is 4.95. The first-order valence-electron chi connectivity index (χ1n) is 11.3. The Hall–Kier alpha value is -4.53. The third-order valence-electron chi connectivity index (χ3n) is 5.66. The van der Waals surface area contributed by atoms with Crippen LogP contribution in [0.2, 0.25) is 0 Å². The number of imidazole rings is 1. The Labute approximate surface area is 204 Å². The van der Waals surface area contributed by atoms with Gasteiger partial charge in [0.1, 0.15) is 29.0 Å². The van der Waals surface area contributed by atoms with Crippen LogP contribution >= 0.6 is 0 Å². The molecule has 2 heterocycles. The molecular weight excluding hydrogens is 467 g/mol. The van der Waals surface area contributed by atoms with Gasteiger partial charge in [-0.3, -0.25) is 4.79 Å². The zero-order valence-corrected chi connectivity index (χ0v) is 18.9. The Bertz CT molecular complexity index is 1540. The maximum absolute atomic E-state index is 14.7. The molecule has 2 aromatic heterocycles. The number of aromatic nitrogens is 4. The molecular formula is C27H20F3N5O. The van der Waals surface area contributed by atoms with Gasteiger partial charge in [0, 0.05) is 48.1 Å². The summed E-state index contributed by atoms with van der Waals surface area (Å²) >= 11 is 0. The number of carbonyl (C=O) groups is 1. The monoisotopic (exact) mass is 487 g/mol. The van der Waals surface area contributed by atoms with Gasteiger partial charge >= 0.3 is 0 Å². The molecule has 0 spiro atoms. The van der Waals surface area contributed by atoms with Crippen molar-refractivity contribution in [3.63, 3.8) is 0 Å². The van der Waals surface area contributed by atoms with Gasteiger partial charge in [0.2, 0.25) is 0 Å². The molecule has 1 amide bonds.